The van der Waals surface area contributed by atoms with Crippen molar-refractivity contribution >= 4 is 5.91 Å². The number of aromatic nitrogens is 2. The molecule has 1 atom stereocenters. The van der Waals surface area contributed by atoms with Crippen LogP contribution in [0, 0.1) is 0 Å². The van der Waals surface area contributed by atoms with Crippen molar-refractivity contribution in [2.45, 2.75) is 38.6 Å². The van der Waals surface area contributed by atoms with Crippen LogP contribution in [0.1, 0.15) is 49.4 Å². The van der Waals surface area contributed by atoms with E-state index in [4.69, 9.17) is 14.0 Å². The summed E-state index contributed by atoms with van der Waals surface area (Å²) in [5, 5.41) is 3.99. The van der Waals surface area contributed by atoms with Gasteiger partial charge in [-0.25, -0.2) is 0 Å². The van der Waals surface area contributed by atoms with E-state index < -0.39 is 0 Å². The number of hydrogen-bond donors (Lipinski definition) is 0. The maximum absolute atomic E-state index is 12.3. The van der Waals surface area contributed by atoms with Crippen molar-refractivity contribution in [3.63, 3.8) is 0 Å². The number of rotatable bonds is 4. The van der Waals surface area contributed by atoms with Crippen LogP contribution in [0.2, 0.25) is 0 Å². The fourth-order valence-electron chi connectivity index (χ4n) is 3.00. The third-order valence-corrected chi connectivity index (χ3v) is 4.35. The van der Waals surface area contributed by atoms with Gasteiger partial charge >= 0.3 is 0 Å². The summed E-state index contributed by atoms with van der Waals surface area (Å²) in [6.07, 6.45) is 0.407. The van der Waals surface area contributed by atoms with Crippen molar-refractivity contribution in [2.24, 2.45) is 0 Å². The van der Waals surface area contributed by atoms with Gasteiger partial charge in [-0.2, -0.15) is 4.98 Å². The molecule has 2 aliphatic rings. The molecule has 2 aliphatic heterocycles. The zero-order valence-corrected chi connectivity index (χ0v) is 13.7. The molecule has 0 saturated carbocycles. The fraction of sp³-hybridized carbons (Fsp3) is 0.471. The van der Waals surface area contributed by atoms with Crippen LogP contribution in [0.15, 0.2) is 22.7 Å². The highest BCUT2D eigenvalue weighted by Crippen LogP contribution is 2.34. The zero-order chi connectivity index (χ0) is 16.7. The fourth-order valence-corrected chi connectivity index (χ4v) is 3.00. The van der Waals surface area contributed by atoms with Gasteiger partial charge in [0.15, 0.2) is 17.3 Å². The Morgan fingerprint density at radius 1 is 1.29 bits per heavy atom. The molecule has 3 heterocycles. The topological polar surface area (TPSA) is 77.7 Å². The number of fused-ring (bicyclic) bond motifs is 1. The Labute approximate surface area is 139 Å². The third kappa shape index (κ3) is 2.70. The van der Waals surface area contributed by atoms with Gasteiger partial charge in [-0.1, -0.05) is 25.1 Å². The largest absolute Gasteiger partial charge is 0.454 e. The van der Waals surface area contributed by atoms with Crippen LogP contribution in [-0.2, 0) is 11.3 Å². The van der Waals surface area contributed by atoms with Gasteiger partial charge in [-0.05, 0) is 17.7 Å². The smallest absolute Gasteiger partial charge is 0.232 e. The maximum Gasteiger partial charge on any atom is 0.232 e. The Morgan fingerprint density at radius 3 is 2.92 bits per heavy atom. The first kappa shape index (κ1) is 15.0. The van der Waals surface area contributed by atoms with E-state index in [2.05, 4.69) is 10.1 Å². The Balaban J connectivity index is 1.46. The first-order valence-electron chi connectivity index (χ1n) is 8.10. The number of benzene rings is 1. The molecule has 0 N–H and O–H groups in total. The zero-order valence-electron chi connectivity index (χ0n) is 13.7. The molecule has 0 aliphatic carbocycles. The summed E-state index contributed by atoms with van der Waals surface area (Å²) >= 11 is 0. The van der Waals surface area contributed by atoms with Crippen LogP contribution in [0.5, 0.6) is 11.5 Å². The SMILES string of the molecule is CC(C)c1noc(C2CC(=O)N(Cc3ccc4c(c3)OCO4)C2)n1. The highest BCUT2D eigenvalue weighted by Gasteiger charge is 2.34. The molecule has 1 aromatic heterocycles. The second kappa shape index (κ2) is 5.81. The molecule has 7 heteroatoms. The molecule has 1 saturated heterocycles. The van der Waals surface area contributed by atoms with Crippen LogP contribution in [0.4, 0.5) is 0 Å². The Bertz CT molecular complexity index is 771. The number of likely N-dealkylation sites (tertiary alicyclic amines) is 1. The van der Waals surface area contributed by atoms with E-state index >= 15 is 0 Å². The lowest BCUT2D eigenvalue weighted by molar-refractivity contribution is -0.128. The molecule has 1 unspecified atom stereocenters. The molecule has 24 heavy (non-hydrogen) atoms. The lowest BCUT2D eigenvalue weighted by Crippen LogP contribution is -2.24. The summed E-state index contributed by atoms with van der Waals surface area (Å²) in [6.45, 7) is 5.41. The molecule has 126 valence electrons. The van der Waals surface area contributed by atoms with Crippen molar-refractivity contribution < 1.29 is 18.8 Å². The second-order valence-corrected chi connectivity index (χ2v) is 6.51. The molecule has 4 rings (SSSR count). The summed E-state index contributed by atoms with van der Waals surface area (Å²) in [5.74, 6) is 3.00. The third-order valence-electron chi connectivity index (χ3n) is 4.35. The molecular formula is C17H19N3O4. The van der Waals surface area contributed by atoms with Crippen LogP contribution < -0.4 is 9.47 Å². The monoisotopic (exact) mass is 329 g/mol. The molecule has 0 bridgehead atoms. The summed E-state index contributed by atoms with van der Waals surface area (Å²) in [7, 11) is 0. The van der Waals surface area contributed by atoms with Gasteiger partial charge in [-0.3, -0.25) is 4.79 Å². The molecule has 1 amide bonds. The minimum Gasteiger partial charge on any atom is -0.454 e. The van der Waals surface area contributed by atoms with Crippen LogP contribution in [-0.4, -0.2) is 34.3 Å². The van der Waals surface area contributed by atoms with E-state index in [-0.39, 0.29) is 24.5 Å². The van der Waals surface area contributed by atoms with Gasteiger partial charge < -0.3 is 18.9 Å². The van der Waals surface area contributed by atoms with Crippen molar-refractivity contribution in [1.82, 2.24) is 15.0 Å². The number of carbonyl (C=O) groups excluding carboxylic acids is 1. The predicted octanol–water partition coefficient (Wildman–Crippen LogP) is 2.44. The Hall–Kier alpha value is -2.57. The van der Waals surface area contributed by atoms with Crippen molar-refractivity contribution in [2.75, 3.05) is 13.3 Å². The standard InChI is InChI=1S/C17H19N3O4/c1-10(2)16-18-17(24-19-16)12-6-15(21)20(8-12)7-11-3-4-13-14(5-11)23-9-22-13/h3-5,10,12H,6-9H2,1-2H3. The van der Waals surface area contributed by atoms with Gasteiger partial charge in [0.1, 0.15) is 0 Å². The minimum atomic E-state index is -0.0356. The van der Waals surface area contributed by atoms with Crippen LogP contribution in [0.25, 0.3) is 0 Å². The van der Waals surface area contributed by atoms with Crippen LogP contribution >= 0.6 is 0 Å². The number of carbonyl (C=O) groups is 1. The van der Waals surface area contributed by atoms with Crippen LogP contribution in [0.3, 0.4) is 0 Å². The Kier molecular flexibility index (Phi) is 3.63. The molecule has 1 aromatic carbocycles. The van der Waals surface area contributed by atoms with E-state index in [0.29, 0.717) is 31.2 Å². The number of hydrogen-bond acceptors (Lipinski definition) is 6. The normalized spacial score (nSPS) is 19.5. The van der Waals surface area contributed by atoms with Crippen molar-refractivity contribution in [1.29, 1.82) is 0 Å². The number of nitrogens with zero attached hydrogens (tertiary/aromatic N) is 3. The first-order valence-corrected chi connectivity index (χ1v) is 8.10. The van der Waals surface area contributed by atoms with Gasteiger partial charge in [0, 0.05) is 25.4 Å². The van der Waals surface area contributed by atoms with Gasteiger partial charge in [0.05, 0.1) is 5.92 Å². The number of amides is 1. The second-order valence-electron chi connectivity index (χ2n) is 6.51. The van der Waals surface area contributed by atoms with E-state index in [1.807, 2.05) is 36.9 Å². The van der Waals surface area contributed by atoms with E-state index in [9.17, 15) is 4.79 Å². The first-order chi connectivity index (χ1) is 11.6. The van der Waals surface area contributed by atoms with E-state index in [1.165, 1.54) is 0 Å². The van der Waals surface area contributed by atoms with Gasteiger partial charge in [0.25, 0.3) is 0 Å². The van der Waals surface area contributed by atoms with Gasteiger partial charge in [-0.15, -0.1) is 0 Å². The van der Waals surface area contributed by atoms with Crippen molar-refractivity contribution in [3.8, 4) is 11.5 Å². The minimum absolute atomic E-state index is 0.0356. The van der Waals surface area contributed by atoms with Crippen molar-refractivity contribution in [3.05, 3.63) is 35.5 Å². The summed E-state index contributed by atoms with van der Waals surface area (Å²) in [4.78, 5) is 18.6. The molecular weight excluding hydrogens is 310 g/mol. The molecule has 1 fully saturated rings. The summed E-state index contributed by atoms with van der Waals surface area (Å²) in [6, 6.07) is 5.76. The molecule has 0 radical (unpaired) electrons. The quantitative estimate of drug-likeness (QED) is 0.857. The molecule has 0 spiro atoms. The summed E-state index contributed by atoms with van der Waals surface area (Å²) in [5.41, 5.74) is 1.02. The lowest BCUT2D eigenvalue weighted by Gasteiger charge is -2.16. The highest BCUT2D eigenvalue weighted by atomic mass is 16.7. The van der Waals surface area contributed by atoms with E-state index in [1.54, 1.807) is 0 Å². The maximum atomic E-state index is 12.3. The average molecular weight is 329 g/mol. The molecule has 7 nitrogen and oxygen atoms in total. The molecule has 2 aromatic rings. The summed E-state index contributed by atoms with van der Waals surface area (Å²) < 4.78 is 16.0. The average Bonchev–Trinajstić information content (AvgIpc) is 3.27. The van der Waals surface area contributed by atoms with Gasteiger partial charge in [0.2, 0.25) is 18.6 Å². The lowest BCUT2D eigenvalue weighted by atomic mass is 10.1. The van der Waals surface area contributed by atoms with E-state index in [0.717, 1.165) is 17.1 Å². The Morgan fingerprint density at radius 2 is 2.12 bits per heavy atom. The number of ether oxygens (including phenoxy) is 2. The highest BCUT2D eigenvalue weighted by molar-refractivity contribution is 5.79. The predicted molar refractivity (Wildman–Crippen MR) is 83.7 cm³/mol.